The zero-order valence-electron chi connectivity index (χ0n) is 13.2. The summed E-state index contributed by atoms with van der Waals surface area (Å²) in [4.78, 5) is 15.4. The Kier molecular flexibility index (Phi) is 5.90. The predicted molar refractivity (Wildman–Crippen MR) is 91.2 cm³/mol. The molecule has 2 aromatic rings. The summed E-state index contributed by atoms with van der Waals surface area (Å²) in [6, 6.07) is 17.8. The number of carbonyl (C=O) groups excluding carboxylic acids is 1. The molecule has 0 bridgehead atoms. The maximum Gasteiger partial charge on any atom is 0.235 e. The van der Waals surface area contributed by atoms with Crippen LogP contribution in [-0.2, 0) is 11.3 Å². The van der Waals surface area contributed by atoms with Crippen molar-refractivity contribution in [2.45, 2.75) is 23.6 Å². The van der Waals surface area contributed by atoms with Gasteiger partial charge in [-0.1, -0.05) is 36.4 Å². The Labute approximate surface area is 136 Å². The standard InChI is InChI=1S/C18H21NO2S/c1-14(22-16-10-5-4-6-11-16)18(20)19(2)13-15-9-7-8-12-17(15)21-3/h4-12,14H,13H2,1-3H3/t14-/m0/s1. The monoisotopic (exact) mass is 315 g/mol. The first-order valence-electron chi connectivity index (χ1n) is 7.20. The molecular weight excluding hydrogens is 294 g/mol. The third-order valence-corrected chi connectivity index (χ3v) is 4.48. The molecule has 116 valence electrons. The quantitative estimate of drug-likeness (QED) is 0.759. The number of methoxy groups -OCH3 is 1. The van der Waals surface area contributed by atoms with Crippen LogP contribution in [0.4, 0.5) is 0 Å². The van der Waals surface area contributed by atoms with E-state index in [9.17, 15) is 4.79 Å². The second-order valence-corrected chi connectivity index (χ2v) is 6.49. The van der Waals surface area contributed by atoms with Crippen molar-refractivity contribution in [1.29, 1.82) is 0 Å². The van der Waals surface area contributed by atoms with Gasteiger partial charge in [0.2, 0.25) is 5.91 Å². The van der Waals surface area contributed by atoms with Crippen molar-refractivity contribution in [2.24, 2.45) is 0 Å². The second kappa shape index (κ2) is 7.90. The van der Waals surface area contributed by atoms with Crippen molar-refractivity contribution in [3.05, 3.63) is 60.2 Å². The molecule has 0 heterocycles. The lowest BCUT2D eigenvalue weighted by Gasteiger charge is -2.22. The van der Waals surface area contributed by atoms with E-state index in [1.807, 2.05) is 68.6 Å². The first kappa shape index (κ1) is 16.4. The van der Waals surface area contributed by atoms with Crippen molar-refractivity contribution in [1.82, 2.24) is 4.90 Å². The predicted octanol–water partition coefficient (Wildman–Crippen LogP) is 3.83. The average Bonchev–Trinajstić information content (AvgIpc) is 2.55. The molecule has 3 nitrogen and oxygen atoms in total. The van der Waals surface area contributed by atoms with Crippen LogP contribution in [0.5, 0.6) is 5.75 Å². The normalized spacial score (nSPS) is 11.8. The number of thioether (sulfide) groups is 1. The summed E-state index contributed by atoms with van der Waals surface area (Å²) in [6.45, 7) is 2.49. The van der Waals surface area contributed by atoms with Crippen molar-refractivity contribution in [2.75, 3.05) is 14.2 Å². The molecule has 1 amide bonds. The van der Waals surface area contributed by atoms with E-state index in [2.05, 4.69) is 0 Å². The van der Waals surface area contributed by atoms with Gasteiger partial charge in [-0.2, -0.15) is 0 Å². The average molecular weight is 315 g/mol. The lowest BCUT2D eigenvalue weighted by molar-refractivity contribution is -0.129. The van der Waals surface area contributed by atoms with Gasteiger partial charge in [0.15, 0.2) is 0 Å². The van der Waals surface area contributed by atoms with E-state index in [1.165, 1.54) is 0 Å². The molecule has 0 unspecified atom stereocenters. The van der Waals surface area contributed by atoms with Gasteiger partial charge >= 0.3 is 0 Å². The van der Waals surface area contributed by atoms with Crippen LogP contribution in [0.25, 0.3) is 0 Å². The molecule has 0 aliphatic heterocycles. The van der Waals surface area contributed by atoms with E-state index in [0.717, 1.165) is 16.2 Å². The van der Waals surface area contributed by atoms with Gasteiger partial charge in [0, 0.05) is 24.1 Å². The minimum absolute atomic E-state index is 0.111. The Balaban J connectivity index is 1.99. The molecule has 0 N–H and O–H groups in total. The number of ether oxygens (including phenoxy) is 1. The van der Waals surface area contributed by atoms with E-state index in [-0.39, 0.29) is 11.2 Å². The highest BCUT2D eigenvalue weighted by Gasteiger charge is 2.19. The van der Waals surface area contributed by atoms with E-state index < -0.39 is 0 Å². The summed E-state index contributed by atoms with van der Waals surface area (Å²) < 4.78 is 5.34. The van der Waals surface area contributed by atoms with Gasteiger partial charge in [-0.15, -0.1) is 11.8 Å². The molecule has 4 heteroatoms. The number of carbonyl (C=O) groups is 1. The molecule has 0 saturated carbocycles. The van der Waals surface area contributed by atoms with Crippen LogP contribution in [0.15, 0.2) is 59.5 Å². The third-order valence-electron chi connectivity index (χ3n) is 3.38. The Hall–Kier alpha value is -1.94. The molecular formula is C18H21NO2S. The maximum absolute atomic E-state index is 12.5. The summed E-state index contributed by atoms with van der Waals surface area (Å²) in [6.07, 6.45) is 0. The fourth-order valence-corrected chi connectivity index (χ4v) is 3.23. The van der Waals surface area contributed by atoms with E-state index in [0.29, 0.717) is 6.54 Å². The molecule has 22 heavy (non-hydrogen) atoms. The Bertz CT molecular complexity index is 615. The van der Waals surface area contributed by atoms with Crippen LogP contribution >= 0.6 is 11.8 Å². The smallest absolute Gasteiger partial charge is 0.235 e. The Morgan fingerprint density at radius 3 is 2.45 bits per heavy atom. The topological polar surface area (TPSA) is 29.5 Å². The first-order chi connectivity index (χ1) is 10.6. The van der Waals surface area contributed by atoms with Crippen molar-refractivity contribution in [3.63, 3.8) is 0 Å². The molecule has 1 atom stereocenters. The van der Waals surface area contributed by atoms with Gasteiger partial charge in [0.1, 0.15) is 5.75 Å². The summed E-state index contributed by atoms with van der Waals surface area (Å²) in [7, 11) is 3.48. The lowest BCUT2D eigenvalue weighted by Crippen LogP contribution is -2.32. The molecule has 0 aliphatic carbocycles. The zero-order valence-corrected chi connectivity index (χ0v) is 14.0. The minimum atomic E-state index is -0.123. The first-order valence-corrected chi connectivity index (χ1v) is 8.08. The van der Waals surface area contributed by atoms with Crippen LogP contribution in [0.3, 0.4) is 0 Å². The van der Waals surface area contributed by atoms with Crippen LogP contribution < -0.4 is 4.74 Å². The molecule has 0 saturated heterocycles. The van der Waals surface area contributed by atoms with Crippen molar-refractivity contribution in [3.8, 4) is 5.75 Å². The number of nitrogens with zero attached hydrogens (tertiary/aromatic N) is 1. The number of hydrogen-bond donors (Lipinski definition) is 0. The largest absolute Gasteiger partial charge is 0.496 e. The van der Waals surface area contributed by atoms with Gasteiger partial charge < -0.3 is 9.64 Å². The lowest BCUT2D eigenvalue weighted by atomic mass is 10.2. The highest BCUT2D eigenvalue weighted by molar-refractivity contribution is 8.00. The van der Waals surface area contributed by atoms with Crippen molar-refractivity contribution >= 4 is 17.7 Å². The van der Waals surface area contributed by atoms with Crippen LogP contribution in [0, 0.1) is 0 Å². The number of amides is 1. The molecule has 2 aromatic carbocycles. The minimum Gasteiger partial charge on any atom is -0.496 e. The van der Waals surface area contributed by atoms with Crippen molar-refractivity contribution < 1.29 is 9.53 Å². The molecule has 0 spiro atoms. The number of para-hydroxylation sites is 1. The summed E-state index contributed by atoms with van der Waals surface area (Å²) in [5.74, 6) is 0.922. The van der Waals surface area contributed by atoms with Gasteiger partial charge in [0.25, 0.3) is 0 Å². The SMILES string of the molecule is COc1ccccc1CN(C)C(=O)[C@H](C)Sc1ccccc1. The van der Waals surface area contributed by atoms with Gasteiger partial charge in [-0.25, -0.2) is 0 Å². The van der Waals surface area contributed by atoms with Crippen LogP contribution in [-0.4, -0.2) is 30.2 Å². The summed E-state index contributed by atoms with van der Waals surface area (Å²) >= 11 is 1.58. The molecule has 0 aromatic heterocycles. The number of rotatable bonds is 6. The van der Waals surface area contributed by atoms with Gasteiger partial charge in [-0.3, -0.25) is 4.79 Å². The zero-order chi connectivity index (χ0) is 15.9. The van der Waals surface area contributed by atoms with Gasteiger partial charge in [0.05, 0.1) is 12.4 Å². The molecule has 2 rings (SSSR count). The van der Waals surface area contributed by atoms with E-state index in [4.69, 9.17) is 4.74 Å². The third kappa shape index (κ3) is 4.28. The fourth-order valence-electron chi connectivity index (χ4n) is 2.23. The number of benzene rings is 2. The maximum atomic E-state index is 12.5. The Morgan fingerprint density at radius 1 is 1.14 bits per heavy atom. The van der Waals surface area contributed by atoms with Crippen LogP contribution in [0.2, 0.25) is 0 Å². The molecule has 0 aliphatic rings. The molecule has 0 radical (unpaired) electrons. The van der Waals surface area contributed by atoms with Gasteiger partial charge in [-0.05, 0) is 25.1 Å². The highest BCUT2D eigenvalue weighted by Crippen LogP contribution is 2.25. The summed E-state index contributed by atoms with van der Waals surface area (Å²) in [5, 5.41) is -0.123. The Morgan fingerprint density at radius 2 is 1.77 bits per heavy atom. The fraction of sp³-hybridized carbons (Fsp3) is 0.278. The number of hydrogen-bond acceptors (Lipinski definition) is 3. The second-order valence-electron chi connectivity index (χ2n) is 5.08. The molecule has 0 fully saturated rings. The van der Waals surface area contributed by atoms with Crippen LogP contribution in [0.1, 0.15) is 12.5 Å². The van der Waals surface area contributed by atoms with E-state index >= 15 is 0 Å². The van der Waals surface area contributed by atoms with E-state index in [1.54, 1.807) is 23.8 Å². The highest BCUT2D eigenvalue weighted by atomic mass is 32.2. The summed E-state index contributed by atoms with van der Waals surface area (Å²) in [5.41, 5.74) is 1.01.